The molecule has 0 aliphatic carbocycles. The van der Waals surface area contributed by atoms with E-state index < -0.39 is 0 Å². The van der Waals surface area contributed by atoms with Crippen molar-refractivity contribution in [1.29, 1.82) is 0 Å². The van der Waals surface area contributed by atoms with Gasteiger partial charge in [0.25, 0.3) is 0 Å². The highest BCUT2D eigenvalue weighted by atomic mass is 19.1. The molecule has 1 aliphatic heterocycles. The Hall–Kier alpha value is -1.46. The highest BCUT2D eigenvalue weighted by molar-refractivity contribution is 5.98. The lowest BCUT2D eigenvalue weighted by Crippen LogP contribution is -2.56. The van der Waals surface area contributed by atoms with Gasteiger partial charge in [0.2, 0.25) is 5.91 Å². The van der Waals surface area contributed by atoms with Crippen molar-refractivity contribution in [2.75, 3.05) is 31.6 Å². The minimum Gasteiger partial charge on any atom is -0.330 e. The molecular weight excluding hydrogens is 233 g/mol. The molecule has 1 aromatic carbocycles. The average Bonchev–Trinajstić information content (AvgIpc) is 2.36. The van der Waals surface area contributed by atoms with Crippen LogP contribution in [0.3, 0.4) is 0 Å². The first kappa shape index (κ1) is 13.0. The van der Waals surface area contributed by atoms with Crippen molar-refractivity contribution in [2.24, 2.45) is 5.73 Å². The molecule has 1 aliphatic rings. The van der Waals surface area contributed by atoms with Crippen molar-refractivity contribution < 1.29 is 9.18 Å². The molecule has 0 spiro atoms. The standard InChI is InChI=1S/C13H18FN3O/c1-16-8-9-17(13(18)12(16)6-7-15)11-5-3-2-4-10(11)14/h2-5,12H,6-9,15H2,1H3. The average molecular weight is 251 g/mol. The van der Waals surface area contributed by atoms with Gasteiger partial charge in [0.15, 0.2) is 0 Å². The molecule has 2 N–H and O–H groups in total. The van der Waals surface area contributed by atoms with E-state index in [4.69, 9.17) is 5.73 Å². The maximum Gasteiger partial charge on any atom is 0.244 e. The third kappa shape index (κ3) is 2.37. The SMILES string of the molecule is CN1CCN(c2ccccc2F)C(=O)C1CCN. The Labute approximate surface area is 106 Å². The molecule has 1 unspecified atom stereocenters. The summed E-state index contributed by atoms with van der Waals surface area (Å²) >= 11 is 0. The molecule has 18 heavy (non-hydrogen) atoms. The quantitative estimate of drug-likeness (QED) is 0.865. The number of nitrogens with two attached hydrogens (primary N) is 1. The molecule has 0 saturated carbocycles. The minimum atomic E-state index is -0.359. The number of carbonyl (C=O) groups is 1. The first-order valence-electron chi connectivity index (χ1n) is 6.11. The zero-order chi connectivity index (χ0) is 13.1. The van der Waals surface area contributed by atoms with Crippen molar-refractivity contribution in [1.82, 2.24) is 4.90 Å². The van der Waals surface area contributed by atoms with Crippen molar-refractivity contribution >= 4 is 11.6 Å². The predicted octanol–water partition coefficient (Wildman–Crippen LogP) is 0.821. The molecule has 1 atom stereocenters. The Balaban J connectivity index is 2.25. The van der Waals surface area contributed by atoms with E-state index in [2.05, 4.69) is 0 Å². The summed E-state index contributed by atoms with van der Waals surface area (Å²) in [5.41, 5.74) is 5.89. The van der Waals surface area contributed by atoms with Crippen molar-refractivity contribution in [3.8, 4) is 0 Å². The second kappa shape index (κ2) is 5.46. The zero-order valence-corrected chi connectivity index (χ0v) is 10.5. The smallest absolute Gasteiger partial charge is 0.244 e. The van der Waals surface area contributed by atoms with Crippen LogP contribution in [0.4, 0.5) is 10.1 Å². The molecule has 1 saturated heterocycles. The van der Waals surface area contributed by atoms with Gasteiger partial charge in [-0.3, -0.25) is 9.69 Å². The number of rotatable bonds is 3. The largest absolute Gasteiger partial charge is 0.330 e. The van der Waals surface area contributed by atoms with E-state index in [0.29, 0.717) is 25.2 Å². The van der Waals surface area contributed by atoms with Crippen molar-refractivity contribution in [2.45, 2.75) is 12.5 Å². The first-order valence-corrected chi connectivity index (χ1v) is 6.11. The number of carbonyl (C=O) groups excluding carboxylic acids is 1. The topological polar surface area (TPSA) is 49.6 Å². The number of halogens is 1. The number of piperazine rings is 1. The van der Waals surface area contributed by atoms with Gasteiger partial charge >= 0.3 is 0 Å². The molecule has 2 rings (SSSR count). The van der Waals surface area contributed by atoms with Crippen LogP contribution in [0.5, 0.6) is 0 Å². The summed E-state index contributed by atoms with van der Waals surface area (Å²) in [5, 5.41) is 0. The Morgan fingerprint density at radius 1 is 1.39 bits per heavy atom. The molecule has 4 nitrogen and oxygen atoms in total. The summed E-state index contributed by atoms with van der Waals surface area (Å²) in [5.74, 6) is -0.429. The van der Waals surface area contributed by atoms with Gasteiger partial charge in [-0.2, -0.15) is 0 Å². The lowest BCUT2D eigenvalue weighted by atomic mass is 10.1. The minimum absolute atomic E-state index is 0.0701. The molecule has 5 heteroatoms. The monoisotopic (exact) mass is 251 g/mol. The van der Waals surface area contributed by atoms with Crippen LogP contribution in [0.25, 0.3) is 0 Å². The van der Waals surface area contributed by atoms with E-state index in [1.165, 1.54) is 11.0 Å². The van der Waals surface area contributed by atoms with Crippen LogP contribution in [0, 0.1) is 5.82 Å². The second-order valence-electron chi connectivity index (χ2n) is 4.52. The normalized spacial score (nSPS) is 21.4. The van der Waals surface area contributed by atoms with Crippen molar-refractivity contribution in [3.63, 3.8) is 0 Å². The third-order valence-electron chi connectivity index (χ3n) is 3.34. The molecule has 1 fully saturated rings. The fraction of sp³-hybridized carbons (Fsp3) is 0.462. The molecule has 0 aromatic heterocycles. The van der Waals surface area contributed by atoms with E-state index in [1.807, 2.05) is 11.9 Å². The number of amides is 1. The Bertz CT molecular complexity index is 438. The number of likely N-dealkylation sites (N-methyl/N-ethyl adjacent to an activating group) is 1. The van der Waals surface area contributed by atoms with Crippen LogP contribution in [-0.2, 0) is 4.79 Å². The number of hydrogen-bond donors (Lipinski definition) is 1. The van der Waals surface area contributed by atoms with Crippen LogP contribution in [0.2, 0.25) is 0 Å². The molecule has 1 heterocycles. The predicted molar refractivity (Wildman–Crippen MR) is 68.8 cm³/mol. The van der Waals surface area contributed by atoms with Gasteiger partial charge in [-0.15, -0.1) is 0 Å². The Kier molecular flexibility index (Phi) is 3.93. The van der Waals surface area contributed by atoms with Gasteiger partial charge in [-0.1, -0.05) is 12.1 Å². The molecule has 0 bridgehead atoms. The summed E-state index contributed by atoms with van der Waals surface area (Å²) in [4.78, 5) is 15.8. The third-order valence-corrected chi connectivity index (χ3v) is 3.34. The number of benzene rings is 1. The molecule has 98 valence electrons. The van der Waals surface area contributed by atoms with Gasteiger partial charge in [0, 0.05) is 13.1 Å². The molecule has 0 radical (unpaired) electrons. The maximum absolute atomic E-state index is 13.7. The second-order valence-corrected chi connectivity index (χ2v) is 4.52. The van der Waals surface area contributed by atoms with Gasteiger partial charge in [0.05, 0.1) is 11.7 Å². The van der Waals surface area contributed by atoms with Crippen LogP contribution in [0.15, 0.2) is 24.3 Å². The Morgan fingerprint density at radius 3 is 2.78 bits per heavy atom. The van der Waals surface area contributed by atoms with E-state index >= 15 is 0 Å². The fourth-order valence-electron chi connectivity index (χ4n) is 2.30. The maximum atomic E-state index is 13.7. The van der Waals surface area contributed by atoms with Gasteiger partial charge in [0.1, 0.15) is 5.82 Å². The van der Waals surface area contributed by atoms with Crippen LogP contribution in [-0.4, -0.2) is 43.5 Å². The van der Waals surface area contributed by atoms with E-state index in [1.54, 1.807) is 18.2 Å². The lowest BCUT2D eigenvalue weighted by molar-refractivity contribution is -0.125. The van der Waals surface area contributed by atoms with Gasteiger partial charge in [-0.05, 0) is 32.1 Å². The summed E-state index contributed by atoms with van der Waals surface area (Å²) in [6.07, 6.45) is 0.598. The molecule has 1 amide bonds. The van der Waals surface area contributed by atoms with E-state index in [9.17, 15) is 9.18 Å². The van der Waals surface area contributed by atoms with E-state index in [0.717, 1.165) is 6.54 Å². The fourth-order valence-corrected chi connectivity index (χ4v) is 2.30. The van der Waals surface area contributed by atoms with E-state index in [-0.39, 0.29) is 17.8 Å². The summed E-state index contributed by atoms with van der Waals surface area (Å²) in [6.45, 7) is 1.69. The van der Waals surface area contributed by atoms with Gasteiger partial charge in [-0.25, -0.2) is 4.39 Å². The van der Waals surface area contributed by atoms with Crippen LogP contribution in [0.1, 0.15) is 6.42 Å². The zero-order valence-electron chi connectivity index (χ0n) is 10.5. The van der Waals surface area contributed by atoms with Gasteiger partial charge < -0.3 is 10.6 Å². The van der Waals surface area contributed by atoms with Crippen LogP contribution >= 0.6 is 0 Å². The highest BCUT2D eigenvalue weighted by Gasteiger charge is 2.33. The van der Waals surface area contributed by atoms with Crippen molar-refractivity contribution in [3.05, 3.63) is 30.1 Å². The summed E-state index contributed by atoms with van der Waals surface area (Å²) in [6, 6.07) is 6.12. The van der Waals surface area contributed by atoms with Crippen LogP contribution < -0.4 is 10.6 Å². The number of anilines is 1. The number of hydrogen-bond acceptors (Lipinski definition) is 3. The summed E-state index contributed by atoms with van der Waals surface area (Å²) in [7, 11) is 1.90. The Morgan fingerprint density at radius 2 is 2.11 bits per heavy atom. The lowest BCUT2D eigenvalue weighted by Gasteiger charge is -2.38. The number of nitrogens with zero attached hydrogens (tertiary/aromatic N) is 2. The highest BCUT2D eigenvalue weighted by Crippen LogP contribution is 2.23. The first-order chi connectivity index (χ1) is 8.65. The summed E-state index contributed by atoms with van der Waals surface area (Å²) < 4.78 is 13.7. The molecular formula is C13H18FN3O. The number of para-hydroxylation sites is 1. The molecule has 1 aromatic rings.